The molecule has 3 heterocycles. The van der Waals surface area contributed by atoms with Crippen LogP contribution in [-0.2, 0) is 11.2 Å². The average molecular weight is 548 g/mol. The van der Waals surface area contributed by atoms with E-state index in [4.69, 9.17) is 26.7 Å². The van der Waals surface area contributed by atoms with E-state index in [1.165, 1.54) is 17.3 Å². The highest BCUT2D eigenvalue weighted by Crippen LogP contribution is 2.36. The summed E-state index contributed by atoms with van der Waals surface area (Å²) in [5, 5.41) is 1.08. The summed E-state index contributed by atoms with van der Waals surface area (Å²) in [6, 6.07) is 14.3. The summed E-state index contributed by atoms with van der Waals surface area (Å²) in [5.41, 5.74) is 4.18. The fraction of sp³-hybridized carbons (Fsp3) is 0.367. The zero-order chi connectivity index (χ0) is 26.8. The van der Waals surface area contributed by atoms with E-state index in [2.05, 4.69) is 43.0 Å². The standard InChI is InChI=1S/C30H33N3O3S2/c1-19-9-12-32(13-10-19)28-23(17-22-15-20(2)5-7-24(22)31-28)18-27-29(34)33(30(37)38-27)14-11-21-6-8-25(35-3)26(16-21)36-4/h5-8,15-19H,9-14H2,1-4H3/b27-18-. The minimum absolute atomic E-state index is 0.0527. The molecule has 0 radical (unpaired) electrons. The molecule has 5 rings (SSSR count). The van der Waals surface area contributed by atoms with Crippen molar-refractivity contribution >= 4 is 57.0 Å². The monoisotopic (exact) mass is 547 g/mol. The fourth-order valence-corrected chi connectivity index (χ4v) is 6.29. The van der Waals surface area contributed by atoms with Gasteiger partial charge in [0.05, 0.1) is 24.6 Å². The van der Waals surface area contributed by atoms with E-state index in [1.54, 1.807) is 19.1 Å². The molecule has 1 amide bonds. The summed E-state index contributed by atoms with van der Waals surface area (Å²) >= 11 is 7.00. The van der Waals surface area contributed by atoms with E-state index >= 15 is 0 Å². The third-order valence-corrected chi connectivity index (χ3v) is 8.67. The molecular weight excluding hydrogens is 514 g/mol. The van der Waals surface area contributed by atoms with Crippen LogP contribution >= 0.6 is 24.0 Å². The highest BCUT2D eigenvalue weighted by molar-refractivity contribution is 8.26. The van der Waals surface area contributed by atoms with E-state index in [0.29, 0.717) is 33.7 Å². The van der Waals surface area contributed by atoms with Gasteiger partial charge >= 0.3 is 0 Å². The number of ether oxygens (including phenoxy) is 2. The number of aryl methyl sites for hydroxylation is 1. The number of carbonyl (C=O) groups is 1. The molecule has 0 atom stereocenters. The van der Waals surface area contributed by atoms with Crippen molar-refractivity contribution in [3.8, 4) is 11.5 Å². The zero-order valence-corrected chi connectivity index (χ0v) is 24.0. The molecule has 8 heteroatoms. The number of amides is 1. The first-order valence-electron chi connectivity index (χ1n) is 13.0. The topological polar surface area (TPSA) is 54.9 Å². The minimum atomic E-state index is -0.0527. The second-order valence-electron chi connectivity index (χ2n) is 10.0. The largest absolute Gasteiger partial charge is 0.493 e. The quantitative estimate of drug-likeness (QED) is 0.256. The SMILES string of the molecule is COc1ccc(CCN2C(=O)/C(=C/c3cc4cc(C)ccc4nc3N3CCC(C)CC3)SC2=S)cc1OC. The zero-order valence-electron chi connectivity index (χ0n) is 22.3. The summed E-state index contributed by atoms with van der Waals surface area (Å²) in [6.45, 7) is 6.84. The molecule has 0 spiro atoms. The molecule has 2 aromatic carbocycles. The fourth-order valence-electron chi connectivity index (χ4n) is 4.99. The maximum absolute atomic E-state index is 13.5. The Labute approximate surface area is 234 Å². The summed E-state index contributed by atoms with van der Waals surface area (Å²) in [7, 11) is 3.24. The van der Waals surface area contributed by atoms with Crippen molar-refractivity contribution < 1.29 is 14.3 Å². The number of fused-ring (bicyclic) bond motifs is 1. The number of carbonyl (C=O) groups excluding carboxylic acids is 1. The molecule has 0 bridgehead atoms. The van der Waals surface area contributed by atoms with Crippen molar-refractivity contribution in [3.05, 3.63) is 64.1 Å². The second-order valence-corrected chi connectivity index (χ2v) is 11.7. The number of anilines is 1. The van der Waals surface area contributed by atoms with Crippen LogP contribution in [0, 0.1) is 12.8 Å². The van der Waals surface area contributed by atoms with Gasteiger partial charge < -0.3 is 14.4 Å². The van der Waals surface area contributed by atoms with Crippen LogP contribution in [0.2, 0.25) is 0 Å². The van der Waals surface area contributed by atoms with Gasteiger partial charge in [0.2, 0.25) is 0 Å². The Kier molecular flexibility index (Phi) is 7.91. The molecule has 0 unspecified atom stereocenters. The molecule has 2 aliphatic heterocycles. The van der Waals surface area contributed by atoms with Crippen LogP contribution in [-0.4, -0.2) is 54.0 Å². The Morgan fingerprint density at radius 1 is 1.08 bits per heavy atom. The van der Waals surface area contributed by atoms with Crippen LogP contribution in [0.3, 0.4) is 0 Å². The van der Waals surface area contributed by atoms with Gasteiger partial charge in [0.15, 0.2) is 11.5 Å². The predicted octanol–water partition coefficient (Wildman–Crippen LogP) is 6.24. The van der Waals surface area contributed by atoms with Gasteiger partial charge in [0.25, 0.3) is 5.91 Å². The number of pyridine rings is 1. The third kappa shape index (κ3) is 5.52. The number of hydrogen-bond donors (Lipinski definition) is 0. The Morgan fingerprint density at radius 2 is 1.84 bits per heavy atom. The van der Waals surface area contributed by atoms with Crippen molar-refractivity contribution in [1.82, 2.24) is 9.88 Å². The number of thioether (sulfide) groups is 1. The lowest BCUT2D eigenvalue weighted by atomic mass is 9.98. The highest BCUT2D eigenvalue weighted by Gasteiger charge is 2.32. The molecule has 3 aromatic rings. The van der Waals surface area contributed by atoms with Gasteiger partial charge in [-0.3, -0.25) is 9.69 Å². The molecule has 2 fully saturated rings. The third-order valence-electron chi connectivity index (χ3n) is 7.29. The summed E-state index contributed by atoms with van der Waals surface area (Å²) < 4.78 is 11.3. The van der Waals surface area contributed by atoms with Gasteiger partial charge in [-0.15, -0.1) is 0 Å². The van der Waals surface area contributed by atoms with Crippen LogP contribution in [0.25, 0.3) is 17.0 Å². The Hall–Kier alpha value is -3.10. The number of nitrogens with zero attached hydrogens (tertiary/aromatic N) is 3. The Bertz CT molecular complexity index is 1410. The molecule has 0 aliphatic carbocycles. The van der Waals surface area contributed by atoms with Crippen LogP contribution in [0.15, 0.2) is 47.4 Å². The van der Waals surface area contributed by atoms with Crippen molar-refractivity contribution in [2.75, 3.05) is 38.8 Å². The number of methoxy groups -OCH3 is 2. The summed E-state index contributed by atoms with van der Waals surface area (Å²) in [6.07, 6.45) is 4.93. The first-order valence-corrected chi connectivity index (χ1v) is 14.2. The van der Waals surface area contributed by atoms with Crippen LogP contribution in [0.1, 0.15) is 36.5 Å². The molecule has 1 aromatic heterocycles. The Morgan fingerprint density at radius 3 is 2.58 bits per heavy atom. The van der Waals surface area contributed by atoms with Gasteiger partial charge in [-0.1, -0.05) is 48.6 Å². The molecule has 0 saturated carbocycles. The summed E-state index contributed by atoms with van der Waals surface area (Å²) in [5.74, 6) is 2.98. The molecular formula is C30H33N3O3S2. The number of rotatable bonds is 7. The van der Waals surface area contributed by atoms with Crippen molar-refractivity contribution in [2.24, 2.45) is 5.92 Å². The lowest BCUT2D eigenvalue weighted by Crippen LogP contribution is -2.34. The van der Waals surface area contributed by atoms with E-state index in [0.717, 1.165) is 59.7 Å². The molecule has 2 aliphatic rings. The number of piperidine rings is 1. The molecule has 2 saturated heterocycles. The van der Waals surface area contributed by atoms with E-state index in [9.17, 15) is 4.79 Å². The van der Waals surface area contributed by atoms with Gasteiger partial charge in [0.1, 0.15) is 10.1 Å². The van der Waals surface area contributed by atoms with Crippen molar-refractivity contribution in [3.63, 3.8) is 0 Å². The predicted molar refractivity (Wildman–Crippen MR) is 160 cm³/mol. The van der Waals surface area contributed by atoms with Crippen LogP contribution in [0.5, 0.6) is 11.5 Å². The number of thiocarbonyl (C=S) groups is 1. The second kappa shape index (κ2) is 11.3. The van der Waals surface area contributed by atoms with Gasteiger partial charge in [0, 0.05) is 30.6 Å². The smallest absolute Gasteiger partial charge is 0.266 e. The maximum Gasteiger partial charge on any atom is 0.266 e. The highest BCUT2D eigenvalue weighted by atomic mass is 32.2. The van der Waals surface area contributed by atoms with E-state index in [1.807, 2.05) is 24.3 Å². The first-order chi connectivity index (χ1) is 18.4. The summed E-state index contributed by atoms with van der Waals surface area (Å²) in [4.78, 5) is 23.3. The van der Waals surface area contributed by atoms with Crippen LogP contribution < -0.4 is 14.4 Å². The maximum atomic E-state index is 13.5. The first kappa shape index (κ1) is 26.5. The number of benzene rings is 2. The van der Waals surface area contributed by atoms with E-state index < -0.39 is 0 Å². The van der Waals surface area contributed by atoms with E-state index in [-0.39, 0.29) is 5.91 Å². The van der Waals surface area contributed by atoms with Gasteiger partial charge in [-0.2, -0.15) is 0 Å². The molecule has 198 valence electrons. The molecule has 0 N–H and O–H groups in total. The number of hydrogen-bond acceptors (Lipinski definition) is 7. The van der Waals surface area contributed by atoms with Crippen LogP contribution in [0.4, 0.5) is 5.82 Å². The normalized spacial score (nSPS) is 17.6. The Balaban J connectivity index is 1.41. The van der Waals surface area contributed by atoms with Gasteiger partial charge in [-0.05, 0) is 74.1 Å². The average Bonchev–Trinajstić information content (AvgIpc) is 3.18. The van der Waals surface area contributed by atoms with Crippen molar-refractivity contribution in [1.29, 1.82) is 0 Å². The van der Waals surface area contributed by atoms with Crippen molar-refractivity contribution in [2.45, 2.75) is 33.1 Å². The minimum Gasteiger partial charge on any atom is -0.493 e. The molecule has 6 nitrogen and oxygen atoms in total. The van der Waals surface area contributed by atoms with Gasteiger partial charge in [-0.25, -0.2) is 4.98 Å². The molecule has 38 heavy (non-hydrogen) atoms. The lowest BCUT2D eigenvalue weighted by Gasteiger charge is -2.32. The lowest BCUT2D eigenvalue weighted by molar-refractivity contribution is -0.122. The number of aromatic nitrogens is 1.